The highest BCUT2D eigenvalue weighted by Crippen LogP contribution is 2.48. The second-order valence-electron chi connectivity index (χ2n) is 13.2. The molecule has 0 bridgehead atoms. The molecule has 0 aliphatic heterocycles. The van der Waals surface area contributed by atoms with E-state index < -0.39 is 5.97 Å². The molecule has 4 heterocycles. The summed E-state index contributed by atoms with van der Waals surface area (Å²) < 4.78 is 0. The molecular formula is C41H58O2S4. The Morgan fingerprint density at radius 3 is 1.38 bits per heavy atom. The largest absolute Gasteiger partial charge is 0.477 e. The number of carboxylic acid groups (broad SMARTS) is 1. The predicted molar refractivity (Wildman–Crippen MR) is 213 cm³/mol. The summed E-state index contributed by atoms with van der Waals surface area (Å²) in [6, 6.07) is 9.60. The van der Waals surface area contributed by atoms with E-state index in [1.807, 2.05) is 34.0 Å². The van der Waals surface area contributed by atoms with E-state index in [2.05, 4.69) is 57.3 Å². The zero-order valence-corrected chi connectivity index (χ0v) is 32.8. The van der Waals surface area contributed by atoms with Crippen molar-refractivity contribution in [2.75, 3.05) is 0 Å². The van der Waals surface area contributed by atoms with Gasteiger partial charge in [-0.05, 0) is 103 Å². The van der Waals surface area contributed by atoms with Crippen molar-refractivity contribution in [3.05, 3.63) is 56.8 Å². The second kappa shape index (κ2) is 20.7. The first-order valence-corrected chi connectivity index (χ1v) is 22.0. The number of carboxylic acids is 1. The Kier molecular flexibility index (Phi) is 16.8. The number of hydrogen-bond acceptors (Lipinski definition) is 5. The van der Waals surface area contributed by atoms with Gasteiger partial charge < -0.3 is 5.11 Å². The third-order valence-electron chi connectivity index (χ3n) is 9.24. The second-order valence-corrected chi connectivity index (χ2v) is 17.3. The Balaban J connectivity index is 1.72. The maximum Gasteiger partial charge on any atom is 0.346 e. The van der Waals surface area contributed by atoms with Crippen LogP contribution in [0.25, 0.3) is 29.3 Å². The van der Waals surface area contributed by atoms with Gasteiger partial charge in [0, 0.05) is 29.3 Å². The first-order chi connectivity index (χ1) is 23.0. The standard InChI is InChI=1S/C41H58O2S4/c1-5-9-13-17-21-30-25-26-44-37(30)34-27-31(22-18-14-10-6-2)38(45-34)35-28-32(23-19-15-11-7-3)39(46-35)36-29-33(24-20-16-12-8-4)40(47-36)41(42)43/h25-29H,5-24H2,1-4H3,(H,42,43). The van der Waals surface area contributed by atoms with Crippen molar-refractivity contribution in [2.45, 2.75) is 156 Å². The predicted octanol–water partition coefficient (Wildman–Crippen LogP) is 15.1. The van der Waals surface area contributed by atoms with Crippen LogP contribution < -0.4 is 0 Å². The van der Waals surface area contributed by atoms with Gasteiger partial charge in [0.25, 0.3) is 0 Å². The van der Waals surface area contributed by atoms with Gasteiger partial charge in [-0.2, -0.15) is 0 Å². The van der Waals surface area contributed by atoms with E-state index in [0.717, 1.165) is 36.1 Å². The van der Waals surface area contributed by atoms with Crippen molar-refractivity contribution in [1.82, 2.24) is 0 Å². The molecule has 6 heteroatoms. The fourth-order valence-corrected chi connectivity index (χ4v) is 11.3. The van der Waals surface area contributed by atoms with Crippen LogP contribution in [-0.4, -0.2) is 11.1 Å². The highest BCUT2D eigenvalue weighted by atomic mass is 32.1. The van der Waals surface area contributed by atoms with E-state index in [0.29, 0.717) is 4.88 Å². The van der Waals surface area contributed by atoms with E-state index in [-0.39, 0.29) is 0 Å². The van der Waals surface area contributed by atoms with Crippen LogP contribution in [-0.2, 0) is 25.7 Å². The van der Waals surface area contributed by atoms with Gasteiger partial charge in [-0.3, -0.25) is 0 Å². The lowest BCUT2D eigenvalue weighted by Gasteiger charge is -2.02. The molecule has 0 aromatic carbocycles. The number of aromatic carboxylic acids is 1. The quantitative estimate of drug-likeness (QED) is 0.0735. The average molecular weight is 711 g/mol. The minimum Gasteiger partial charge on any atom is -0.477 e. The molecule has 0 unspecified atom stereocenters. The summed E-state index contributed by atoms with van der Waals surface area (Å²) in [4.78, 5) is 21.1. The Labute approximate surface area is 301 Å². The van der Waals surface area contributed by atoms with Crippen molar-refractivity contribution >= 4 is 51.3 Å². The molecule has 47 heavy (non-hydrogen) atoms. The van der Waals surface area contributed by atoms with E-state index >= 15 is 0 Å². The third-order valence-corrected chi connectivity index (χ3v) is 14.3. The molecule has 4 rings (SSSR count). The SMILES string of the molecule is CCCCCCc1cc(-c2sc(-c3sc(-c4sccc4CCCCCC)cc3CCCCCC)cc2CCCCCC)sc1C(=O)O. The zero-order valence-electron chi connectivity index (χ0n) is 29.5. The van der Waals surface area contributed by atoms with E-state index in [1.165, 1.54) is 155 Å². The minimum absolute atomic E-state index is 0.544. The topological polar surface area (TPSA) is 37.3 Å². The monoisotopic (exact) mass is 710 g/mol. The molecule has 4 aromatic rings. The molecule has 0 aliphatic rings. The summed E-state index contributed by atoms with van der Waals surface area (Å²) >= 11 is 7.34. The number of thiophene rings is 4. The smallest absolute Gasteiger partial charge is 0.346 e. The van der Waals surface area contributed by atoms with Crippen LogP contribution in [0.3, 0.4) is 0 Å². The first-order valence-electron chi connectivity index (χ1n) is 18.7. The number of carbonyl (C=O) groups is 1. The zero-order chi connectivity index (χ0) is 33.4. The van der Waals surface area contributed by atoms with Gasteiger partial charge in [-0.15, -0.1) is 45.3 Å². The van der Waals surface area contributed by atoms with Gasteiger partial charge in [-0.25, -0.2) is 4.79 Å². The molecule has 0 atom stereocenters. The minimum atomic E-state index is -0.772. The third kappa shape index (κ3) is 11.1. The van der Waals surface area contributed by atoms with Crippen LogP contribution in [0.1, 0.15) is 162 Å². The maximum atomic E-state index is 12.4. The van der Waals surface area contributed by atoms with Crippen LogP contribution in [0, 0.1) is 0 Å². The molecule has 2 nitrogen and oxygen atoms in total. The molecule has 0 saturated carbocycles. The molecule has 0 aliphatic carbocycles. The summed E-state index contributed by atoms with van der Waals surface area (Å²) in [6.45, 7) is 9.08. The summed E-state index contributed by atoms with van der Waals surface area (Å²) in [5, 5.41) is 12.4. The molecule has 0 amide bonds. The molecule has 0 fully saturated rings. The van der Waals surface area contributed by atoms with E-state index in [4.69, 9.17) is 0 Å². The van der Waals surface area contributed by atoms with E-state index in [9.17, 15) is 9.90 Å². The fourth-order valence-electron chi connectivity index (χ4n) is 6.49. The summed E-state index contributed by atoms with van der Waals surface area (Å²) in [5.74, 6) is -0.772. The molecule has 0 radical (unpaired) electrons. The Morgan fingerprint density at radius 2 is 0.915 bits per heavy atom. The van der Waals surface area contributed by atoms with Crippen LogP contribution >= 0.6 is 45.3 Å². The van der Waals surface area contributed by atoms with Crippen LogP contribution in [0.5, 0.6) is 0 Å². The van der Waals surface area contributed by atoms with Crippen LogP contribution in [0.4, 0.5) is 0 Å². The lowest BCUT2D eigenvalue weighted by molar-refractivity contribution is 0.0701. The Morgan fingerprint density at radius 1 is 0.511 bits per heavy atom. The Bertz CT molecular complexity index is 1480. The van der Waals surface area contributed by atoms with Crippen LogP contribution in [0.2, 0.25) is 0 Å². The highest BCUT2D eigenvalue weighted by Gasteiger charge is 2.23. The normalized spacial score (nSPS) is 11.6. The first kappa shape index (κ1) is 38.1. The van der Waals surface area contributed by atoms with Crippen molar-refractivity contribution in [1.29, 1.82) is 0 Å². The number of unbranched alkanes of at least 4 members (excludes halogenated alkanes) is 12. The molecule has 4 aromatic heterocycles. The number of rotatable bonds is 24. The summed E-state index contributed by atoms with van der Waals surface area (Å²) in [7, 11) is 0. The van der Waals surface area contributed by atoms with Gasteiger partial charge in [0.15, 0.2) is 0 Å². The maximum absolute atomic E-state index is 12.4. The van der Waals surface area contributed by atoms with Gasteiger partial charge in [0.1, 0.15) is 4.88 Å². The molecule has 258 valence electrons. The lowest BCUT2D eigenvalue weighted by atomic mass is 10.0. The van der Waals surface area contributed by atoms with Crippen LogP contribution in [0.15, 0.2) is 29.6 Å². The van der Waals surface area contributed by atoms with Crippen molar-refractivity contribution in [3.8, 4) is 29.3 Å². The summed E-state index contributed by atoms with van der Waals surface area (Å²) in [5.41, 5.74) is 5.47. The molecule has 0 saturated heterocycles. The highest BCUT2D eigenvalue weighted by molar-refractivity contribution is 7.28. The van der Waals surface area contributed by atoms with Crippen molar-refractivity contribution < 1.29 is 9.90 Å². The number of aryl methyl sites for hydroxylation is 4. The van der Waals surface area contributed by atoms with Crippen molar-refractivity contribution in [2.24, 2.45) is 0 Å². The van der Waals surface area contributed by atoms with E-state index in [1.54, 1.807) is 0 Å². The number of hydrogen-bond donors (Lipinski definition) is 1. The van der Waals surface area contributed by atoms with Gasteiger partial charge in [-0.1, -0.05) is 105 Å². The average Bonchev–Trinajstić information content (AvgIpc) is 3.87. The van der Waals surface area contributed by atoms with Crippen molar-refractivity contribution in [3.63, 3.8) is 0 Å². The molecule has 1 N–H and O–H groups in total. The Hall–Kier alpha value is -1.73. The molecular weight excluding hydrogens is 653 g/mol. The molecule has 0 spiro atoms. The fraction of sp³-hybridized carbons (Fsp3) is 0.585. The lowest BCUT2D eigenvalue weighted by Crippen LogP contribution is -1.97. The van der Waals surface area contributed by atoms with Gasteiger partial charge >= 0.3 is 5.97 Å². The summed E-state index contributed by atoms with van der Waals surface area (Å²) in [6.07, 6.45) is 24.1. The van der Waals surface area contributed by atoms with Gasteiger partial charge in [0.2, 0.25) is 0 Å². The van der Waals surface area contributed by atoms with Gasteiger partial charge in [0.05, 0.1) is 0 Å².